The summed E-state index contributed by atoms with van der Waals surface area (Å²) in [6, 6.07) is 4.27. The van der Waals surface area contributed by atoms with E-state index in [9.17, 15) is 0 Å². The third-order valence-electron chi connectivity index (χ3n) is 2.11. The highest BCUT2D eigenvalue weighted by atomic mass is 32.2. The minimum atomic E-state index is 0.544. The van der Waals surface area contributed by atoms with Gasteiger partial charge in [-0.25, -0.2) is 4.98 Å². The molecule has 2 rings (SSSR count). The van der Waals surface area contributed by atoms with Crippen LogP contribution in [0.1, 0.15) is 6.42 Å². The molecule has 1 saturated heterocycles. The van der Waals surface area contributed by atoms with E-state index in [2.05, 4.69) is 10.3 Å². The monoisotopic (exact) mass is 195 g/mol. The molecule has 1 fully saturated rings. The molecule has 0 saturated carbocycles. The highest BCUT2D eigenvalue weighted by molar-refractivity contribution is 7.99. The molecule has 0 bridgehead atoms. The van der Waals surface area contributed by atoms with Crippen molar-refractivity contribution in [1.82, 2.24) is 4.98 Å². The van der Waals surface area contributed by atoms with Gasteiger partial charge < -0.3 is 11.1 Å². The smallest absolute Gasteiger partial charge is 0.149 e. The molecule has 0 radical (unpaired) electrons. The summed E-state index contributed by atoms with van der Waals surface area (Å²) in [5.41, 5.74) is 6.50. The van der Waals surface area contributed by atoms with E-state index in [-0.39, 0.29) is 0 Å². The number of thioether (sulfide) groups is 1. The first-order valence-electron chi connectivity index (χ1n) is 4.41. The molecule has 1 unspecified atom stereocenters. The van der Waals surface area contributed by atoms with E-state index in [1.165, 1.54) is 12.2 Å². The number of rotatable bonds is 2. The predicted molar refractivity (Wildman–Crippen MR) is 58.0 cm³/mol. The lowest BCUT2D eigenvalue weighted by atomic mass is 10.2. The van der Waals surface area contributed by atoms with Crippen LogP contribution in [0.15, 0.2) is 18.3 Å². The van der Waals surface area contributed by atoms with Gasteiger partial charge in [0.25, 0.3) is 0 Å². The minimum absolute atomic E-state index is 0.544. The van der Waals surface area contributed by atoms with E-state index in [4.69, 9.17) is 5.73 Å². The standard InChI is InChI=1S/C9H13N3S/c10-8-2-1-4-11-9(8)12-7-3-5-13-6-7/h1-2,4,7H,3,5-6,10H2,(H,11,12). The SMILES string of the molecule is Nc1cccnc1NC1CCSC1. The van der Waals surface area contributed by atoms with Crippen molar-refractivity contribution in [1.29, 1.82) is 0 Å². The van der Waals surface area contributed by atoms with Gasteiger partial charge in [0.1, 0.15) is 5.82 Å². The Labute approximate surface area is 82.1 Å². The maximum atomic E-state index is 5.77. The average Bonchev–Trinajstić information content (AvgIpc) is 2.61. The van der Waals surface area contributed by atoms with Gasteiger partial charge in [-0.3, -0.25) is 0 Å². The van der Waals surface area contributed by atoms with Crippen LogP contribution < -0.4 is 11.1 Å². The van der Waals surface area contributed by atoms with Gasteiger partial charge in [-0.15, -0.1) is 0 Å². The third kappa shape index (κ3) is 2.06. The third-order valence-corrected chi connectivity index (χ3v) is 3.27. The van der Waals surface area contributed by atoms with Crippen LogP contribution >= 0.6 is 11.8 Å². The Balaban J connectivity index is 2.04. The Morgan fingerprint density at radius 2 is 2.54 bits per heavy atom. The van der Waals surface area contributed by atoms with Crippen LogP contribution in [0.5, 0.6) is 0 Å². The number of nitrogen functional groups attached to an aromatic ring is 1. The van der Waals surface area contributed by atoms with Gasteiger partial charge in [-0.1, -0.05) is 0 Å². The van der Waals surface area contributed by atoms with Crippen LogP contribution in [0.3, 0.4) is 0 Å². The largest absolute Gasteiger partial charge is 0.396 e. The van der Waals surface area contributed by atoms with Crippen LogP contribution in [0.2, 0.25) is 0 Å². The summed E-state index contributed by atoms with van der Waals surface area (Å²) in [6.45, 7) is 0. The molecule has 70 valence electrons. The summed E-state index contributed by atoms with van der Waals surface area (Å²) in [4.78, 5) is 4.20. The molecule has 2 heterocycles. The number of nitrogens with one attached hydrogen (secondary N) is 1. The van der Waals surface area contributed by atoms with Gasteiger partial charge in [0.2, 0.25) is 0 Å². The number of anilines is 2. The molecule has 0 amide bonds. The molecule has 0 aromatic carbocycles. The van der Waals surface area contributed by atoms with Gasteiger partial charge in [0, 0.05) is 18.0 Å². The lowest BCUT2D eigenvalue weighted by molar-refractivity contribution is 0.807. The molecule has 13 heavy (non-hydrogen) atoms. The Morgan fingerprint density at radius 3 is 3.23 bits per heavy atom. The molecule has 0 spiro atoms. The Morgan fingerprint density at radius 1 is 1.62 bits per heavy atom. The number of hydrogen-bond acceptors (Lipinski definition) is 4. The van der Waals surface area contributed by atoms with Crippen LogP contribution in [-0.4, -0.2) is 22.5 Å². The topological polar surface area (TPSA) is 50.9 Å². The Kier molecular flexibility index (Phi) is 2.59. The molecule has 0 aliphatic carbocycles. The van der Waals surface area contributed by atoms with Crippen LogP contribution in [0.25, 0.3) is 0 Å². The van der Waals surface area contributed by atoms with E-state index >= 15 is 0 Å². The summed E-state index contributed by atoms with van der Waals surface area (Å²) >= 11 is 1.98. The fourth-order valence-electron chi connectivity index (χ4n) is 1.38. The summed E-state index contributed by atoms with van der Waals surface area (Å²) in [6.07, 6.45) is 2.97. The quantitative estimate of drug-likeness (QED) is 0.752. The van der Waals surface area contributed by atoms with E-state index < -0.39 is 0 Å². The van der Waals surface area contributed by atoms with Crippen LogP contribution in [-0.2, 0) is 0 Å². The molecule has 3 N–H and O–H groups in total. The van der Waals surface area contributed by atoms with Crippen LogP contribution in [0, 0.1) is 0 Å². The number of aromatic nitrogens is 1. The molecule has 1 atom stereocenters. The normalized spacial score (nSPS) is 21.7. The van der Waals surface area contributed by atoms with Crippen molar-refractivity contribution in [3.05, 3.63) is 18.3 Å². The fraction of sp³-hybridized carbons (Fsp3) is 0.444. The van der Waals surface area contributed by atoms with E-state index in [1.54, 1.807) is 6.20 Å². The lowest BCUT2D eigenvalue weighted by Gasteiger charge is -2.12. The van der Waals surface area contributed by atoms with E-state index in [1.807, 2.05) is 23.9 Å². The first kappa shape index (κ1) is 8.69. The molecule has 1 aromatic heterocycles. The van der Waals surface area contributed by atoms with Crippen molar-refractivity contribution in [3.8, 4) is 0 Å². The highest BCUT2D eigenvalue weighted by Crippen LogP contribution is 2.22. The number of pyridine rings is 1. The van der Waals surface area contributed by atoms with Gasteiger partial charge in [0.05, 0.1) is 5.69 Å². The van der Waals surface area contributed by atoms with Gasteiger partial charge in [-0.05, 0) is 24.3 Å². The maximum Gasteiger partial charge on any atom is 0.149 e. The van der Waals surface area contributed by atoms with E-state index in [0.29, 0.717) is 6.04 Å². The van der Waals surface area contributed by atoms with Crippen molar-refractivity contribution in [2.75, 3.05) is 22.6 Å². The fourth-order valence-corrected chi connectivity index (χ4v) is 2.53. The number of hydrogen-bond donors (Lipinski definition) is 2. The lowest BCUT2D eigenvalue weighted by Crippen LogP contribution is -2.19. The maximum absolute atomic E-state index is 5.77. The van der Waals surface area contributed by atoms with E-state index in [0.717, 1.165) is 17.3 Å². The zero-order valence-corrected chi connectivity index (χ0v) is 8.18. The first-order valence-corrected chi connectivity index (χ1v) is 5.56. The second-order valence-electron chi connectivity index (χ2n) is 3.15. The average molecular weight is 195 g/mol. The number of nitrogens with two attached hydrogens (primary N) is 1. The van der Waals surface area contributed by atoms with Crippen LogP contribution in [0.4, 0.5) is 11.5 Å². The Hall–Kier alpha value is -0.900. The second-order valence-corrected chi connectivity index (χ2v) is 4.30. The summed E-state index contributed by atoms with van der Waals surface area (Å²) in [5, 5.41) is 3.35. The zero-order chi connectivity index (χ0) is 9.10. The van der Waals surface area contributed by atoms with Crippen molar-refractivity contribution in [2.45, 2.75) is 12.5 Å². The Bertz CT molecular complexity index is 284. The van der Waals surface area contributed by atoms with Crippen molar-refractivity contribution >= 4 is 23.3 Å². The second kappa shape index (κ2) is 3.87. The van der Waals surface area contributed by atoms with Gasteiger partial charge in [0.15, 0.2) is 0 Å². The van der Waals surface area contributed by atoms with Crippen molar-refractivity contribution < 1.29 is 0 Å². The summed E-state index contributed by atoms with van der Waals surface area (Å²) in [7, 11) is 0. The molecular weight excluding hydrogens is 182 g/mol. The molecular formula is C9H13N3S. The summed E-state index contributed by atoms with van der Waals surface area (Å²) < 4.78 is 0. The first-order chi connectivity index (χ1) is 6.36. The zero-order valence-electron chi connectivity index (χ0n) is 7.36. The summed E-state index contributed by atoms with van der Waals surface area (Å²) in [5.74, 6) is 3.23. The molecule has 1 aromatic rings. The van der Waals surface area contributed by atoms with Gasteiger partial charge >= 0.3 is 0 Å². The number of nitrogens with zero attached hydrogens (tertiary/aromatic N) is 1. The minimum Gasteiger partial charge on any atom is -0.396 e. The van der Waals surface area contributed by atoms with Crippen molar-refractivity contribution in [2.24, 2.45) is 0 Å². The predicted octanol–water partition coefficient (Wildman–Crippen LogP) is 1.58. The molecule has 3 nitrogen and oxygen atoms in total. The molecule has 1 aliphatic heterocycles. The van der Waals surface area contributed by atoms with Gasteiger partial charge in [-0.2, -0.15) is 11.8 Å². The highest BCUT2D eigenvalue weighted by Gasteiger charge is 2.15. The molecule has 4 heteroatoms. The molecule has 1 aliphatic rings. The van der Waals surface area contributed by atoms with Crippen molar-refractivity contribution in [3.63, 3.8) is 0 Å².